The van der Waals surface area contributed by atoms with Crippen LogP contribution >= 0.6 is 0 Å². The molecule has 0 fully saturated rings. The zero-order valence-corrected chi connectivity index (χ0v) is 24.2. The monoisotopic (exact) mass is 570 g/mol. The van der Waals surface area contributed by atoms with Gasteiger partial charge in [0.15, 0.2) is 14.1 Å². The average Bonchev–Trinajstić information content (AvgIpc) is 3.12. The molecule has 8 nitrogen and oxygen atoms in total. The fourth-order valence-corrected chi connectivity index (χ4v) is 4.66. The number of benzene rings is 1. The van der Waals surface area contributed by atoms with E-state index in [9.17, 15) is 25.8 Å². The molecule has 0 aliphatic carbocycles. The van der Waals surface area contributed by atoms with Gasteiger partial charge in [0.1, 0.15) is 6.04 Å². The highest BCUT2D eigenvalue weighted by Crippen LogP contribution is 2.39. The van der Waals surface area contributed by atoms with Gasteiger partial charge in [-0.05, 0) is 51.0 Å². The van der Waals surface area contributed by atoms with Crippen LogP contribution in [-0.4, -0.2) is 42.8 Å². The maximum Gasteiger partial charge on any atom is 0.534 e. The molecule has 1 unspecified atom stereocenters. The van der Waals surface area contributed by atoms with Crippen LogP contribution in [0.25, 0.3) is 11.5 Å². The first kappa shape index (κ1) is 30.5. The molecular formula is C22H33F3N2O6S2Si. The molecule has 1 heterocycles. The second kappa shape index (κ2) is 10.6. The molecular weight excluding hydrogens is 537 g/mol. The lowest BCUT2D eigenvalue weighted by Crippen LogP contribution is -2.44. The number of halogens is 3. The lowest BCUT2D eigenvalue weighted by molar-refractivity contribution is -0.0501. The molecule has 2 rings (SSSR count). The molecule has 0 amide bonds. The van der Waals surface area contributed by atoms with Crippen molar-refractivity contribution in [3.63, 3.8) is 0 Å². The Hall–Kier alpha value is -1.74. The van der Waals surface area contributed by atoms with Gasteiger partial charge in [0.2, 0.25) is 5.89 Å². The number of rotatable bonds is 9. The molecule has 2 aromatic rings. The number of oxazole rings is 1. The SMILES string of the molecule is CC(C)(C)[S@](=O)NC(CO[Si](C)(C)C(C)(C)C)c1oc(-c2ccccc2)nc1OS(=O)(=O)C(F)(F)F. The first-order chi connectivity index (χ1) is 16.2. The van der Waals surface area contributed by atoms with Crippen molar-refractivity contribution in [2.75, 3.05) is 6.61 Å². The van der Waals surface area contributed by atoms with E-state index in [1.165, 1.54) is 0 Å². The molecule has 14 heteroatoms. The Kier molecular flexibility index (Phi) is 8.94. The van der Waals surface area contributed by atoms with Crippen molar-refractivity contribution in [2.45, 2.75) is 76.0 Å². The summed E-state index contributed by atoms with van der Waals surface area (Å²) in [4.78, 5) is 3.91. The number of alkyl halides is 3. The highest BCUT2D eigenvalue weighted by Gasteiger charge is 2.50. The second-order valence-electron chi connectivity index (χ2n) is 10.7. The summed E-state index contributed by atoms with van der Waals surface area (Å²) >= 11 is 0. The molecule has 0 radical (unpaired) electrons. The molecule has 0 saturated heterocycles. The average molecular weight is 571 g/mol. The van der Waals surface area contributed by atoms with Gasteiger partial charge in [0.05, 0.1) is 22.3 Å². The van der Waals surface area contributed by atoms with Gasteiger partial charge in [-0.25, -0.2) is 8.93 Å². The van der Waals surface area contributed by atoms with Gasteiger partial charge in [-0.2, -0.15) is 26.6 Å². The van der Waals surface area contributed by atoms with Crippen molar-refractivity contribution < 1.29 is 38.8 Å². The molecule has 0 aliphatic heterocycles. The van der Waals surface area contributed by atoms with E-state index >= 15 is 0 Å². The predicted octanol–water partition coefficient (Wildman–Crippen LogP) is 5.68. The van der Waals surface area contributed by atoms with Gasteiger partial charge < -0.3 is 13.0 Å². The Bertz CT molecular complexity index is 1170. The third-order valence-corrected chi connectivity index (χ3v) is 12.7. The standard InChI is InChI=1S/C22H33F3N2O6S2Si/c1-20(2,3)34(28)27-16(14-31-36(7,8)21(4,5)6)17-19(33-35(29,30)22(23,24)25)26-18(32-17)15-12-10-9-11-13-15/h9-13,16,27H,14H2,1-8H3/t16?,34-/m0/s1. The van der Waals surface area contributed by atoms with Crippen LogP contribution in [-0.2, 0) is 25.5 Å². The molecule has 2 atom stereocenters. The van der Waals surface area contributed by atoms with Crippen LogP contribution in [0.15, 0.2) is 34.7 Å². The quantitative estimate of drug-likeness (QED) is 0.235. The second-order valence-corrected chi connectivity index (χ2v) is 19.0. The molecule has 36 heavy (non-hydrogen) atoms. The first-order valence-corrected chi connectivity index (χ1v) is 16.5. The summed E-state index contributed by atoms with van der Waals surface area (Å²) < 4.78 is 94.4. The minimum absolute atomic E-state index is 0.168. The topological polar surface area (TPSA) is 108 Å². The van der Waals surface area contributed by atoms with Crippen molar-refractivity contribution in [1.29, 1.82) is 0 Å². The summed E-state index contributed by atoms with van der Waals surface area (Å²) in [5, 5.41) is -0.212. The number of hydrogen-bond acceptors (Lipinski definition) is 7. The Morgan fingerprint density at radius 3 is 2.11 bits per heavy atom. The fourth-order valence-electron chi connectivity index (χ4n) is 2.43. The summed E-state index contributed by atoms with van der Waals surface area (Å²) in [6.07, 6.45) is 0. The van der Waals surface area contributed by atoms with Crippen LogP contribution in [0.1, 0.15) is 53.3 Å². The third kappa shape index (κ3) is 7.40. The van der Waals surface area contributed by atoms with Gasteiger partial charge in [0.25, 0.3) is 5.88 Å². The fraction of sp³-hybridized carbons (Fsp3) is 0.591. The van der Waals surface area contributed by atoms with Gasteiger partial charge >= 0.3 is 15.6 Å². The van der Waals surface area contributed by atoms with Gasteiger partial charge in [-0.1, -0.05) is 39.0 Å². The number of hydrogen-bond donors (Lipinski definition) is 1. The minimum Gasteiger partial charge on any atom is -0.435 e. The molecule has 0 aliphatic rings. The van der Waals surface area contributed by atoms with Crippen molar-refractivity contribution in [3.05, 3.63) is 36.1 Å². The summed E-state index contributed by atoms with van der Waals surface area (Å²) in [5.41, 5.74) is -5.32. The van der Waals surface area contributed by atoms with Crippen molar-refractivity contribution >= 4 is 29.4 Å². The van der Waals surface area contributed by atoms with Crippen LogP contribution in [0.2, 0.25) is 18.1 Å². The van der Waals surface area contributed by atoms with Gasteiger partial charge in [-0.3, -0.25) is 0 Å². The first-order valence-electron chi connectivity index (χ1n) is 11.0. The molecule has 1 aromatic carbocycles. The molecule has 204 valence electrons. The normalized spacial score (nSPS) is 15.5. The molecule has 1 aromatic heterocycles. The summed E-state index contributed by atoms with van der Waals surface area (Å²) in [6.45, 7) is 14.8. The van der Waals surface area contributed by atoms with E-state index in [0.29, 0.717) is 5.56 Å². The Morgan fingerprint density at radius 1 is 1.08 bits per heavy atom. The van der Waals surface area contributed by atoms with E-state index in [4.69, 9.17) is 8.84 Å². The zero-order valence-electron chi connectivity index (χ0n) is 21.5. The summed E-state index contributed by atoms with van der Waals surface area (Å²) in [5.74, 6) is -1.45. The van der Waals surface area contributed by atoms with E-state index < -0.39 is 51.6 Å². The highest BCUT2D eigenvalue weighted by atomic mass is 32.2. The van der Waals surface area contributed by atoms with Crippen LogP contribution in [0.3, 0.4) is 0 Å². The van der Waals surface area contributed by atoms with Crippen LogP contribution in [0.4, 0.5) is 13.2 Å². The summed E-state index contributed by atoms with van der Waals surface area (Å²) in [6, 6.07) is 7.04. The van der Waals surface area contributed by atoms with Crippen molar-refractivity contribution in [3.8, 4) is 17.3 Å². The number of nitrogens with zero attached hydrogens (tertiary/aromatic N) is 1. The number of nitrogens with one attached hydrogen (secondary N) is 1. The van der Waals surface area contributed by atoms with Crippen molar-refractivity contribution in [2.24, 2.45) is 0 Å². The minimum atomic E-state index is -6.06. The molecule has 0 spiro atoms. The van der Waals surface area contributed by atoms with Crippen molar-refractivity contribution in [1.82, 2.24) is 9.71 Å². The lowest BCUT2D eigenvalue weighted by atomic mass is 10.2. The Labute approximate surface area is 213 Å². The third-order valence-electron chi connectivity index (χ3n) is 5.65. The van der Waals surface area contributed by atoms with Crippen LogP contribution in [0, 0.1) is 0 Å². The maximum atomic E-state index is 13.1. The van der Waals surface area contributed by atoms with Crippen LogP contribution in [0.5, 0.6) is 5.88 Å². The molecule has 0 bridgehead atoms. The van der Waals surface area contributed by atoms with Gasteiger partial charge in [-0.15, -0.1) is 0 Å². The molecule has 0 saturated carbocycles. The van der Waals surface area contributed by atoms with E-state index in [1.807, 2.05) is 33.9 Å². The molecule has 1 N–H and O–H groups in total. The smallest absolute Gasteiger partial charge is 0.435 e. The van der Waals surface area contributed by atoms with E-state index in [2.05, 4.69) is 13.9 Å². The van der Waals surface area contributed by atoms with Gasteiger partial charge in [0, 0.05) is 5.56 Å². The lowest BCUT2D eigenvalue weighted by Gasteiger charge is -2.37. The largest absolute Gasteiger partial charge is 0.534 e. The maximum absolute atomic E-state index is 13.1. The van der Waals surface area contributed by atoms with Crippen LogP contribution < -0.4 is 8.91 Å². The highest BCUT2D eigenvalue weighted by molar-refractivity contribution is 7.88. The Balaban J connectivity index is 2.63. The predicted molar refractivity (Wildman–Crippen MR) is 134 cm³/mol. The van der Waals surface area contributed by atoms with E-state index in [-0.39, 0.29) is 23.3 Å². The van der Waals surface area contributed by atoms with E-state index in [0.717, 1.165) is 0 Å². The summed E-state index contributed by atoms with van der Waals surface area (Å²) in [7, 11) is -10.2. The van der Waals surface area contributed by atoms with E-state index in [1.54, 1.807) is 51.1 Å². The Morgan fingerprint density at radius 2 is 1.64 bits per heavy atom. The number of aromatic nitrogens is 1. The zero-order chi connectivity index (χ0) is 27.7.